The number of hydrogen-bond donors (Lipinski definition) is 0. The molecule has 1 amide bonds. The fourth-order valence-corrected chi connectivity index (χ4v) is 6.40. The summed E-state index contributed by atoms with van der Waals surface area (Å²) < 4.78 is 65.3. The van der Waals surface area contributed by atoms with Gasteiger partial charge in [-0.1, -0.05) is 42.4 Å². The van der Waals surface area contributed by atoms with Crippen molar-refractivity contribution in [2.24, 2.45) is 0 Å². The smallest absolute Gasteiger partial charge is 0.319 e. The number of nitriles is 1. The van der Waals surface area contributed by atoms with Gasteiger partial charge in [0.05, 0.1) is 35.0 Å². The molecule has 2 saturated heterocycles. The minimum Gasteiger partial charge on any atom is -0.462 e. The van der Waals surface area contributed by atoms with Crippen LogP contribution in [-0.4, -0.2) is 88.7 Å². The zero-order valence-electron chi connectivity index (χ0n) is 24.7. The molecule has 2 aromatic heterocycles. The first-order chi connectivity index (χ1) is 22.1. The van der Waals surface area contributed by atoms with Gasteiger partial charge in [-0.25, -0.2) is 17.6 Å². The predicted octanol–water partition coefficient (Wildman–Crippen LogP) is 5.61. The fourth-order valence-electron chi connectivity index (χ4n) is 6.13. The SMILES string of the molecule is C=C(F)C(=O)N1CCN(c2nc(OC[C@H]3[C@@H](F)CCN3C)nc3c(F)c(-c4cccc5ccc(F)c(Cl)c45)ncc23)CC1CC#N. The van der Waals surface area contributed by atoms with E-state index in [1.54, 1.807) is 30.1 Å². The van der Waals surface area contributed by atoms with E-state index >= 15 is 4.39 Å². The van der Waals surface area contributed by atoms with Crippen LogP contribution in [0.25, 0.3) is 32.9 Å². The molecule has 0 N–H and O–H groups in total. The van der Waals surface area contributed by atoms with Crippen LogP contribution >= 0.6 is 11.6 Å². The van der Waals surface area contributed by atoms with Gasteiger partial charge < -0.3 is 14.5 Å². The molecule has 0 saturated carbocycles. The average molecular weight is 654 g/mol. The molecule has 0 bridgehead atoms. The number of ether oxygens (including phenoxy) is 1. The molecule has 2 fully saturated rings. The Morgan fingerprint density at radius 3 is 2.72 bits per heavy atom. The molecule has 0 radical (unpaired) electrons. The van der Waals surface area contributed by atoms with Gasteiger partial charge in [0.1, 0.15) is 35.6 Å². The van der Waals surface area contributed by atoms with Crippen molar-refractivity contribution in [3.05, 3.63) is 65.6 Å². The molecule has 2 aliphatic rings. The second-order valence-corrected chi connectivity index (χ2v) is 11.7. The fraction of sp³-hybridized carbons (Fsp3) is 0.344. The predicted molar refractivity (Wildman–Crippen MR) is 165 cm³/mol. The summed E-state index contributed by atoms with van der Waals surface area (Å²) in [5, 5.41) is 10.3. The molecule has 4 heterocycles. The first-order valence-corrected chi connectivity index (χ1v) is 14.9. The van der Waals surface area contributed by atoms with Gasteiger partial charge in [0.25, 0.3) is 5.91 Å². The van der Waals surface area contributed by atoms with E-state index in [1.165, 1.54) is 23.2 Å². The highest BCUT2D eigenvalue weighted by molar-refractivity contribution is 6.36. The number of aromatic nitrogens is 3. The van der Waals surface area contributed by atoms with Crippen molar-refractivity contribution in [2.45, 2.75) is 31.1 Å². The second kappa shape index (κ2) is 12.7. The largest absolute Gasteiger partial charge is 0.462 e. The number of hydrogen-bond acceptors (Lipinski definition) is 8. The number of benzene rings is 2. The number of carbonyl (C=O) groups is 1. The molecule has 6 rings (SSSR count). The third-order valence-corrected chi connectivity index (χ3v) is 8.93. The van der Waals surface area contributed by atoms with Gasteiger partial charge in [-0.2, -0.15) is 15.2 Å². The first kappa shape index (κ1) is 31.4. The summed E-state index contributed by atoms with van der Waals surface area (Å²) >= 11 is 6.33. The first-order valence-electron chi connectivity index (χ1n) is 14.6. The van der Waals surface area contributed by atoms with Crippen LogP contribution in [0.4, 0.5) is 23.4 Å². The topological polar surface area (TPSA) is 98.5 Å². The molecular weight excluding hydrogens is 626 g/mol. The lowest BCUT2D eigenvalue weighted by atomic mass is 10.0. The van der Waals surface area contributed by atoms with Crippen molar-refractivity contribution in [2.75, 3.05) is 44.7 Å². The molecular formula is C32H28ClF4N7O2. The lowest BCUT2D eigenvalue weighted by Gasteiger charge is -2.41. The number of pyridine rings is 1. The summed E-state index contributed by atoms with van der Waals surface area (Å²) in [6.07, 6.45) is 0.488. The van der Waals surface area contributed by atoms with Crippen molar-refractivity contribution >= 4 is 45.0 Å². The maximum absolute atomic E-state index is 16.6. The molecule has 2 aliphatic heterocycles. The van der Waals surface area contributed by atoms with Gasteiger partial charge in [0.2, 0.25) is 0 Å². The summed E-state index contributed by atoms with van der Waals surface area (Å²) in [5.41, 5.74) is -0.0668. The Labute approximate surface area is 266 Å². The Balaban J connectivity index is 1.47. The van der Waals surface area contributed by atoms with E-state index in [1.807, 2.05) is 11.0 Å². The Morgan fingerprint density at radius 1 is 1.20 bits per heavy atom. The van der Waals surface area contributed by atoms with Gasteiger partial charge in [-0.15, -0.1) is 0 Å². The molecule has 1 unspecified atom stereocenters. The Hall–Kier alpha value is -4.54. The van der Waals surface area contributed by atoms with E-state index in [0.717, 1.165) is 0 Å². The van der Waals surface area contributed by atoms with E-state index in [9.17, 15) is 23.2 Å². The number of likely N-dealkylation sites (tertiary alicyclic amines) is 1. The minimum absolute atomic E-state index is 0.0280. The van der Waals surface area contributed by atoms with Crippen LogP contribution in [0.5, 0.6) is 6.01 Å². The number of piperazine rings is 1. The highest BCUT2D eigenvalue weighted by atomic mass is 35.5. The quantitative estimate of drug-likeness (QED) is 0.188. The van der Waals surface area contributed by atoms with E-state index in [2.05, 4.69) is 21.5 Å². The summed E-state index contributed by atoms with van der Waals surface area (Å²) in [4.78, 5) is 30.5. The number of rotatable bonds is 7. The molecule has 9 nitrogen and oxygen atoms in total. The maximum Gasteiger partial charge on any atom is 0.319 e. The average Bonchev–Trinajstić information content (AvgIpc) is 3.37. The number of alkyl halides is 1. The minimum atomic E-state index is -1.14. The summed E-state index contributed by atoms with van der Waals surface area (Å²) in [6, 6.07) is 8.23. The summed E-state index contributed by atoms with van der Waals surface area (Å²) in [7, 11) is 1.78. The lowest BCUT2D eigenvalue weighted by Crippen LogP contribution is -2.55. The van der Waals surface area contributed by atoms with Crippen LogP contribution in [-0.2, 0) is 4.79 Å². The maximum atomic E-state index is 16.6. The molecule has 3 atom stereocenters. The Bertz CT molecular complexity index is 1890. The number of halogens is 5. The number of amides is 1. The molecule has 0 aliphatic carbocycles. The van der Waals surface area contributed by atoms with Crippen LogP contribution in [0.15, 0.2) is 48.9 Å². The molecule has 2 aromatic carbocycles. The van der Waals surface area contributed by atoms with Crippen molar-refractivity contribution in [3.63, 3.8) is 0 Å². The van der Waals surface area contributed by atoms with E-state index in [-0.39, 0.29) is 77.1 Å². The van der Waals surface area contributed by atoms with E-state index in [0.29, 0.717) is 18.4 Å². The van der Waals surface area contributed by atoms with Gasteiger partial charge in [0, 0.05) is 43.3 Å². The standard InChI is InChI=1S/C32H28ClF4N7O2/c1-17(34)31(45)44-13-12-43(15-19(44)8-10-38)30-21-14-39-28(20-5-3-4-18-6-7-23(36)26(33)25(18)20)27(37)29(21)40-32(41-30)46-16-24-22(35)9-11-42(24)2/h3-7,14,19,22,24H,1,8-9,11-13,15-16H2,2H3/t19?,22-,24-/m0/s1. The van der Waals surface area contributed by atoms with Crippen LogP contribution in [0, 0.1) is 23.0 Å². The van der Waals surface area contributed by atoms with Crippen molar-refractivity contribution < 1.29 is 27.1 Å². The monoisotopic (exact) mass is 653 g/mol. The van der Waals surface area contributed by atoms with E-state index < -0.39 is 41.6 Å². The lowest BCUT2D eigenvalue weighted by molar-refractivity contribution is -0.131. The van der Waals surface area contributed by atoms with Gasteiger partial charge >= 0.3 is 6.01 Å². The van der Waals surface area contributed by atoms with E-state index in [4.69, 9.17) is 16.3 Å². The van der Waals surface area contributed by atoms with Gasteiger partial charge in [0.15, 0.2) is 11.6 Å². The number of likely N-dealkylation sites (N-methyl/N-ethyl adjacent to an activating group) is 1. The zero-order valence-corrected chi connectivity index (χ0v) is 25.4. The van der Waals surface area contributed by atoms with Crippen LogP contribution in [0.3, 0.4) is 0 Å². The molecule has 238 valence electrons. The Morgan fingerprint density at radius 2 is 2.00 bits per heavy atom. The third kappa shape index (κ3) is 5.67. The molecule has 4 aromatic rings. The number of anilines is 1. The third-order valence-electron chi connectivity index (χ3n) is 8.56. The van der Waals surface area contributed by atoms with Crippen LogP contribution in [0.1, 0.15) is 12.8 Å². The zero-order chi connectivity index (χ0) is 32.7. The van der Waals surface area contributed by atoms with Crippen molar-refractivity contribution in [1.82, 2.24) is 24.8 Å². The summed E-state index contributed by atoms with van der Waals surface area (Å²) in [5.74, 6) is -3.38. The Kier molecular flexibility index (Phi) is 8.67. The molecule has 0 spiro atoms. The molecule has 46 heavy (non-hydrogen) atoms. The number of fused-ring (bicyclic) bond motifs is 2. The van der Waals surface area contributed by atoms with Crippen LogP contribution < -0.4 is 9.64 Å². The number of carbonyl (C=O) groups excluding carboxylic acids is 1. The van der Waals surface area contributed by atoms with Crippen molar-refractivity contribution in [1.29, 1.82) is 5.26 Å². The normalized spacial score (nSPS) is 20.3. The van der Waals surface area contributed by atoms with Gasteiger partial charge in [-0.05, 0) is 24.9 Å². The number of nitrogens with zero attached hydrogens (tertiary/aromatic N) is 7. The van der Waals surface area contributed by atoms with Gasteiger partial charge in [-0.3, -0.25) is 14.7 Å². The summed E-state index contributed by atoms with van der Waals surface area (Å²) in [6.45, 7) is 3.76. The van der Waals surface area contributed by atoms with Crippen molar-refractivity contribution in [3.8, 4) is 23.3 Å². The highest BCUT2D eigenvalue weighted by Gasteiger charge is 2.35. The molecule has 14 heteroatoms. The van der Waals surface area contributed by atoms with Crippen LogP contribution in [0.2, 0.25) is 5.02 Å². The second-order valence-electron chi connectivity index (χ2n) is 11.3. The highest BCUT2D eigenvalue weighted by Crippen LogP contribution is 2.38.